The van der Waals surface area contributed by atoms with Crippen LogP contribution >= 0.6 is 0 Å². The topological polar surface area (TPSA) is 89.8 Å². The van der Waals surface area contributed by atoms with Crippen molar-refractivity contribution in [3.8, 4) is 11.1 Å². The van der Waals surface area contributed by atoms with Crippen LogP contribution in [0, 0.1) is 6.92 Å². The lowest BCUT2D eigenvalue weighted by molar-refractivity contribution is 0.528. The molecular weight excluding hydrogens is 232 g/mol. The zero-order valence-electron chi connectivity index (χ0n) is 10.0. The molecule has 0 aliphatic heterocycles. The largest absolute Gasteiger partial charge is 0.419 e. The molecule has 0 aliphatic carbocycles. The summed E-state index contributed by atoms with van der Waals surface area (Å²) in [5, 5.41) is 6.80. The van der Waals surface area contributed by atoms with Crippen molar-refractivity contribution >= 4 is 16.9 Å². The number of oxazole rings is 1. The van der Waals surface area contributed by atoms with Crippen LogP contribution in [0.4, 0.5) is 5.82 Å². The van der Waals surface area contributed by atoms with Gasteiger partial charge in [-0.05, 0) is 24.6 Å². The van der Waals surface area contributed by atoms with Crippen LogP contribution in [0.15, 0.2) is 27.4 Å². The van der Waals surface area contributed by atoms with E-state index in [0.29, 0.717) is 11.4 Å². The Bertz CT molecular complexity index is 775. The Morgan fingerprint density at radius 2 is 2.22 bits per heavy atom. The Hall–Kier alpha value is -2.50. The summed E-state index contributed by atoms with van der Waals surface area (Å²) in [6.45, 7) is 1.90. The summed E-state index contributed by atoms with van der Waals surface area (Å²) in [6.07, 6.45) is 0. The standard InChI is InChI=1S/C12H12N4O2/c1-6-10(11(13)15-14-6)7-3-4-9-8(5-7)16(2)12(17)18-9/h3-5H,1-2H3,(H3,13,14,15). The molecule has 0 atom stereocenters. The third-order valence-electron chi connectivity index (χ3n) is 3.06. The first-order valence-electron chi connectivity index (χ1n) is 5.48. The van der Waals surface area contributed by atoms with E-state index >= 15 is 0 Å². The first kappa shape index (κ1) is 10.6. The molecule has 0 saturated heterocycles. The fourth-order valence-electron chi connectivity index (χ4n) is 2.09. The van der Waals surface area contributed by atoms with Gasteiger partial charge in [-0.25, -0.2) is 4.79 Å². The minimum Gasteiger partial charge on any atom is -0.408 e. The number of nitrogens with zero attached hydrogens (tertiary/aromatic N) is 2. The summed E-state index contributed by atoms with van der Waals surface area (Å²) in [4.78, 5) is 11.4. The van der Waals surface area contributed by atoms with Gasteiger partial charge in [-0.1, -0.05) is 6.07 Å². The van der Waals surface area contributed by atoms with E-state index in [1.165, 1.54) is 4.57 Å². The van der Waals surface area contributed by atoms with E-state index in [-0.39, 0.29) is 5.76 Å². The quantitative estimate of drug-likeness (QED) is 0.677. The number of aromatic nitrogens is 3. The van der Waals surface area contributed by atoms with Crippen molar-refractivity contribution in [1.82, 2.24) is 14.8 Å². The fourth-order valence-corrected chi connectivity index (χ4v) is 2.09. The van der Waals surface area contributed by atoms with E-state index in [1.54, 1.807) is 13.1 Å². The van der Waals surface area contributed by atoms with Crippen LogP contribution in [0.3, 0.4) is 0 Å². The fraction of sp³-hybridized carbons (Fsp3) is 0.167. The molecule has 2 heterocycles. The van der Waals surface area contributed by atoms with Gasteiger partial charge in [0.15, 0.2) is 11.4 Å². The Balaban J connectivity index is 2.31. The average molecular weight is 244 g/mol. The second-order valence-corrected chi connectivity index (χ2v) is 4.22. The van der Waals surface area contributed by atoms with Gasteiger partial charge in [0.1, 0.15) is 0 Å². The van der Waals surface area contributed by atoms with Gasteiger partial charge in [0.05, 0.1) is 5.52 Å². The third kappa shape index (κ3) is 1.35. The van der Waals surface area contributed by atoms with E-state index < -0.39 is 0 Å². The minimum atomic E-state index is -0.376. The molecular formula is C12H12N4O2. The highest BCUT2D eigenvalue weighted by Crippen LogP contribution is 2.29. The third-order valence-corrected chi connectivity index (χ3v) is 3.06. The van der Waals surface area contributed by atoms with Crippen LogP contribution in [0.25, 0.3) is 22.2 Å². The van der Waals surface area contributed by atoms with Crippen LogP contribution in [0.5, 0.6) is 0 Å². The molecule has 1 aromatic carbocycles. The summed E-state index contributed by atoms with van der Waals surface area (Å²) in [5.41, 5.74) is 9.77. The number of anilines is 1. The molecule has 6 nitrogen and oxygen atoms in total. The van der Waals surface area contributed by atoms with Gasteiger partial charge >= 0.3 is 5.76 Å². The molecule has 0 saturated carbocycles. The van der Waals surface area contributed by atoms with Crippen molar-refractivity contribution in [2.24, 2.45) is 7.05 Å². The van der Waals surface area contributed by atoms with E-state index in [2.05, 4.69) is 10.2 Å². The highest BCUT2D eigenvalue weighted by Gasteiger charge is 2.12. The molecule has 3 aromatic rings. The Labute approximate surface area is 102 Å². The maximum Gasteiger partial charge on any atom is 0.419 e. The zero-order chi connectivity index (χ0) is 12.9. The molecule has 0 fully saturated rings. The monoisotopic (exact) mass is 244 g/mol. The molecule has 0 unspecified atom stereocenters. The number of nitrogen functional groups attached to an aromatic ring is 1. The van der Waals surface area contributed by atoms with Gasteiger partial charge in [-0.2, -0.15) is 5.10 Å². The normalized spacial score (nSPS) is 11.2. The molecule has 0 aliphatic rings. The first-order chi connectivity index (χ1) is 8.58. The number of hydrogen-bond donors (Lipinski definition) is 2. The predicted molar refractivity (Wildman–Crippen MR) is 68.2 cm³/mol. The SMILES string of the molecule is Cc1[nH]nc(N)c1-c1ccc2oc(=O)n(C)c2c1. The molecule has 18 heavy (non-hydrogen) atoms. The van der Waals surface area contributed by atoms with E-state index in [4.69, 9.17) is 10.2 Å². The van der Waals surface area contributed by atoms with Gasteiger partial charge in [-0.3, -0.25) is 9.67 Å². The average Bonchev–Trinajstić information content (AvgIpc) is 2.82. The zero-order valence-corrected chi connectivity index (χ0v) is 10.0. The molecule has 0 amide bonds. The van der Waals surface area contributed by atoms with Crippen molar-refractivity contribution in [3.63, 3.8) is 0 Å². The summed E-state index contributed by atoms with van der Waals surface area (Å²) in [7, 11) is 1.67. The molecule has 0 radical (unpaired) electrons. The lowest BCUT2D eigenvalue weighted by atomic mass is 10.1. The van der Waals surface area contributed by atoms with Crippen molar-refractivity contribution in [1.29, 1.82) is 0 Å². The van der Waals surface area contributed by atoms with Crippen molar-refractivity contribution in [2.45, 2.75) is 6.92 Å². The van der Waals surface area contributed by atoms with Gasteiger partial charge in [0, 0.05) is 18.3 Å². The summed E-state index contributed by atoms with van der Waals surface area (Å²) in [5.74, 6) is 0.0689. The number of H-pyrrole nitrogens is 1. The summed E-state index contributed by atoms with van der Waals surface area (Å²) >= 11 is 0. The number of nitrogens with two attached hydrogens (primary N) is 1. The highest BCUT2D eigenvalue weighted by atomic mass is 16.4. The maximum absolute atomic E-state index is 11.4. The number of rotatable bonds is 1. The number of fused-ring (bicyclic) bond motifs is 1. The van der Waals surface area contributed by atoms with Crippen molar-refractivity contribution in [3.05, 3.63) is 34.4 Å². The smallest absolute Gasteiger partial charge is 0.408 e. The van der Waals surface area contributed by atoms with Gasteiger partial charge in [0.25, 0.3) is 0 Å². The molecule has 0 spiro atoms. The second-order valence-electron chi connectivity index (χ2n) is 4.22. The van der Waals surface area contributed by atoms with Gasteiger partial charge in [-0.15, -0.1) is 0 Å². The Kier molecular flexibility index (Phi) is 2.07. The van der Waals surface area contributed by atoms with Crippen LogP contribution in [0.2, 0.25) is 0 Å². The summed E-state index contributed by atoms with van der Waals surface area (Å²) in [6, 6.07) is 5.49. The van der Waals surface area contributed by atoms with E-state index in [0.717, 1.165) is 22.3 Å². The van der Waals surface area contributed by atoms with E-state index in [1.807, 2.05) is 19.1 Å². The molecule has 3 N–H and O–H groups in total. The molecule has 6 heteroatoms. The van der Waals surface area contributed by atoms with Crippen molar-refractivity contribution < 1.29 is 4.42 Å². The maximum atomic E-state index is 11.4. The molecule has 0 bridgehead atoms. The molecule has 2 aromatic heterocycles. The van der Waals surface area contributed by atoms with Crippen LogP contribution in [0.1, 0.15) is 5.69 Å². The first-order valence-corrected chi connectivity index (χ1v) is 5.48. The van der Waals surface area contributed by atoms with Gasteiger partial charge in [0.2, 0.25) is 0 Å². The van der Waals surface area contributed by atoms with E-state index in [9.17, 15) is 4.79 Å². The van der Waals surface area contributed by atoms with Crippen LogP contribution in [-0.4, -0.2) is 14.8 Å². The van der Waals surface area contributed by atoms with Crippen LogP contribution < -0.4 is 11.5 Å². The number of nitrogens with one attached hydrogen (secondary N) is 1. The number of hydrogen-bond acceptors (Lipinski definition) is 4. The highest BCUT2D eigenvalue weighted by molar-refractivity contribution is 5.84. The lowest BCUT2D eigenvalue weighted by Crippen LogP contribution is -2.08. The Morgan fingerprint density at radius 1 is 1.44 bits per heavy atom. The molecule has 3 rings (SSSR count). The summed E-state index contributed by atoms with van der Waals surface area (Å²) < 4.78 is 6.55. The number of aromatic amines is 1. The second kappa shape index (κ2) is 3.49. The van der Waals surface area contributed by atoms with Crippen LogP contribution in [-0.2, 0) is 7.05 Å². The molecule has 92 valence electrons. The number of aryl methyl sites for hydroxylation is 2. The Morgan fingerprint density at radius 3 is 2.89 bits per heavy atom. The predicted octanol–water partition coefficient (Wildman–Crippen LogP) is 1.41. The lowest BCUT2D eigenvalue weighted by Gasteiger charge is -2.01. The van der Waals surface area contributed by atoms with Gasteiger partial charge < -0.3 is 10.2 Å². The number of benzene rings is 1. The van der Waals surface area contributed by atoms with Crippen molar-refractivity contribution in [2.75, 3.05) is 5.73 Å². The minimum absolute atomic E-state index is 0.376.